The predicted octanol–water partition coefficient (Wildman–Crippen LogP) is 1.72. The van der Waals surface area contributed by atoms with E-state index in [1.807, 2.05) is 0 Å². The summed E-state index contributed by atoms with van der Waals surface area (Å²) in [6.07, 6.45) is 5.06. The van der Waals surface area contributed by atoms with Crippen molar-refractivity contribution in [1.29, 1.82) is 0 Å². The highest BCUT2D eigenvalue weighted by Gasteiger charge is 2.20. The van der Waals surface area contributed by atoms with Crippen LogP contribution in [0.2, 0.25) is 0 Å². The first kappa shape index (κ1) is 11.8. The Kier molecular flexibility index (Phi) is 3.05. The van der Waals surface area contributed by atoms with Crippen LogP contribution in [0.5, 0.6) is 11.5 Å². The molecule has 0 aliphatic rings. The van der Waals surface area contributed by atoms with Crippen LogP contribution in [0.1, 0.15) is 5.56 Å². The van der Waals surface area contributed by atoms with E-state index in [1.165, 1.54) is 6.20 Å². The van der Waals surface area contributed by atoms with Crippen molar-refractivity contribution in [1.82, 2.24) is 4.98 Å². The van der Waals surface area contributed by atoms with Crippen molar-refractivity contribution in [3.8, 4) is 11.5 Å². The molecule has 0 aliphatic carbocycles. The van der Waals surface area contributed by atoms with E-state index in [0.29, 0.717) is 10.5 Å². The number of nitro groups is 1. The van der Waals surface area contributed by atoms with Gasteiger partial charge in [0.15, 0.2) is 6.20 Å². The number of ether oxygens (including phenoxy) is 1. The lowest BCUT2D eigenvalue weighted by Crippen LogP contribution is -2.24. The molecule has 2 rings (SSSR count). The summed E-state index contributed by atoms with van der Waals surface area (Å²) >= 11 is 0. The molecule has 0 N–H and O–H groups in total. The normalized spacial score (nSPS) is 10.1. The molecule has 2 aromatic heterocycles. The molecular formula is C11H9N3O4. The van der Waals surface area contributed by atoms with Gasteiger partial charge in [-0.2, -0.15) is 4.73 Å². The van der Waals surface area contributed by atoms with Gasteiger partial charge in [0.05, 0.1) is 17.2 Å². The molecule has 7 heteroatoms. The minimum absolute atomic E-state index is 0.117. The van der Waals surface area contributed by atoms with Gasteiger partial charge in [-0.3, -0.25) is 15.1 Å². The maximum Gasteiger partial charge on any atom is 0.323 e. The van der Waals surface area contributed by atoms with E-state index in [0.717, 1.165) is 24.0 Å². The quantitative estimate of drug-likeness (QED) is 0.356. The minimum Gasteiger partial charge on any atom is -0.619 e. The van der Waals surface area contributed by atoms with Crippen molar-refractivity contribution in [3.63, 3.8) is 0 Å². The van der Waals surface area contributed by atoms with E-state index in [-0.39, 0.29) is 11.4 Å². The third-order valence-corrected chi connectivity index (χ3v) is 2.28. The van der Waals surface area contributed by atoms with Crippen LogP contribution in [-0.2, 0) is 0 Å². The number of rotatable bonds is 3. The molecule has 0 saturated carbocycles. The van der Waals surface area contributed by atoms with Gasteiger partial charge in [0.25, 0.3) is 5.75 Å². The Bertz CT molecular complexity index is 601. The highest BCUT2D eigenvalue weighted by atomic mass is 16.6. The molecule has 0 radical (unpaired) electrons. The van der Waals surface area contributed by atoms with Crippen molar-refractivity contribution in [2.24, 2.45) is 0 Å². The van der Waals surface area contributed by atoms with E-state index in [2.05, 4.69) is 4.98 Å². The summed E-state index contributed by atoms with van der Waals surface area (Å²) in [5.41, 5.74) is 0.492. The van der Waals surface area contributed by atoms with Crippen LogP contribution in [0.15, 0.2) is 36.9 Å². The minimum atomic E-state index is -0.610. The first-order valence-corrected chi connectivity index (χ1v) is 5.03. The van der Waals surface area contributed by atoms with E-state index in [9.17, 15) is 15.3 Å². The van der Waals surface area contributed by atoms with Crippen molar-refractivity contribution >= 4 is 5.69 Å². The summed E-state index contributed by atoms with van der Waals surface area (Å²) in [5.74, 6) is 0.250. The lowest BCUT2D eigenvalue weighted by atomic mass is 10.3. The van der Waals surface area contributed by atoms with Gasteiger partial charge in [-0.15, -0.1) is 0 Å². The number of pyridine rings is 2. The van der Waals surface area contributed by atoms with Crippen LogP contribution in [0.4, 0.5) is 5.69 Å². The molecule has 0 amide bonds. The lowest BCUT2D eigenvalue weighted by Gasteiger charge is -2.07. The molecular weight excluding hydrogens is 238 g/mol. The van der Waals surface area contributed by atoms with Gasteiger partial charge < -0.3 is 9.94 Å². The van der Waals surface area contributed by atoms with Gasteiger partial charge in [0.2, 0.25) is 6.20 Å². The first-order valence-electron chi connectivity index (χ1n) is 5.03. The summed E-state index contributed by atoms with van der Waals surface area (Å²) in [7, 11) is 0. The lowest BCUT2D eigenvalue weighted by molar-refractivity contribution is -0.606. The molecule has 18 heavy (non-hydrogen) atoms. The van der Waals surface area contributed by atoms with E-state index in [1.54, 1.807) is 19.2 Å². The van der Waals surface area contributed by atoms with Crippen LogP contribution in [0.25, 0.3) is 0 Å². The first-order chi connectivity index (χ1) is 8.58. The average molecular weight is 247 g/mol. The fraction of sp³-hybridized carbons (Fsp3) is 0.0909. The van der Waals surface area contributed by atoms with Crippen LogP contribution in [0.3, 0.4) is 0 Å². The van der Waals surface area contributed by atoms with Gasteiger partial charge in [-0.1, -0.05) is 0 Å². The predicted molar refractivity (Wildman–Crippen MR) is 61.1 cm³/mol. The summed E-state index contributed by atoms with van der Waals surface area (Å²) in [5, 5.41) is 21.9. The fourth-order valence-electron chi connectivity index (χ4n) is 1.36. The Hall–Kier alpha value is -2.70. The molecule has 0 unspecified atom stereocenters. The monoisotopic (exact) mass is 247 g/mol. The topological polar surface area (TPSA) is 92.2 Å². The highest BCUT2D eigenvalue weighted by Crippen LogP contribution is 2.30. The Morgan fingerprint density at radius 2 is 2.17 bits per heavy atom. The highest BCUT2D eigenvalue weighted by molar-refractivity contribution is 5.45. The zero-order valence-electron chi connectivity index (χ0n) is 9.44. The molecule has 2 aromatic rings. The number of nitrogens with zero attached hydrogens (tertiary/aromatic N) is 3. The van der Waals surface area contributed by atoms with E-state index in [4.69, 9.17) is 4.74 Å². The second-order valence-electron chi connectivity index (χ2n) is 3.55. The summed E-state index contributed by atoms with van der Waals surface area (Å²) in [6.45, 7) is 1.77. The molecule has 0 atom stereocenters. The number of aryl methyl sites for hydroxylation is 1. The average Bonchev–Trinajstić information content (AvgIpc) is 2.32. The largest absolute Gasteiger partial charge is 0.619 e. The zero-order valence-corrected chi connectivity index (χ0v) is 9.44. The second kappa shape index (κ2) is 4.66. The summed E-state index contributed by atoms with van der Waals surface area (Å²) in [6, 6.07) is 2.80. The van der Waals surface area contributed by atoms with Crippen molar-refractivity contribution in [2.45, 2.75) is 6.92 Å². The van der Waals surface area contributed by atoms with Gasteiger partial charge in [-0.05, 0) is 18.6 Å². The van der Waals surface area contributed by atoms with Gasteiger partial charge in [0.1, 0.15) is 5.75 Å². The molecule has 0 bridgehead atoms. The van der Waals surface area contributed by atoms with E-state index < -0.39 is 4.92 Å². The molecule has 0 aromatic carbocycles. The van der Waals surface area contributed by atoms with Crippen molar-refractivity contribution in [3.05, 3.63) is 57.8 Å². The number of hydrogen-bond acceptors (Lipinski definition) is 5. The molecule has 0 spiro atoms. The number of aromatic nitrogens is 2. The Labute approximate surface area is 102 Å². The maximum atomic E-state index is 11.1. The number of hydrogen-bond donors (Lipinski definition) is 0. The van der Waals surface area contributed by atoms with Crippen LogP contribution in [-0.4, -0.2) is 9.91 Å². The maximum absolute atomic E-state index is 11.1. The molecule has 0 fully saturated rings. The van der Waals surface area contributed by atoms with Crippen molar-refractivity contribution < 1.29 is 14.4 Å². The standard InChI is InChI=1S/C11H9N3O4/c1-8-2-4-12-6-10(8)18-11-7-13(15)5-3-9(11)14(16)17/h2-7H,1H3. The molecule has 0 aliphatic heterocycles. The van der Waals surface area contributed by atoms with E-state index >= 15 is 0 Å². The SMILES string of the molecule is Cc1ccncc1Oc1c[n+]([O-])ccc1[N+](=O)[O-]. The van der Waals surface area contributed by atoms with Crippen LogP contribution in [0, 0.1) is 22.2 Å². The molecule has 7 nitrogen and oxygen atoms in total. The third kappa shape index (κ3) is 2.34. The fourth-order valence-corrected chi connectivity index (χ4v) is 1.36. The van der Waals surface area contributed by atoms with Crippen molar-refractivity contribution in [2.75, 3.05) is 0 Å². The second-order valence-corrected chi connectivity index (χ2v) is 3.55. The molecule has 0 saturated heterocycles. The Morgan fingerprint density at radius 1 is 1.39 bits per heavy atom. The third-order valence-electron chi connectivity index (χ3n) is 2.28. The summed E-state index contributed by atoms with van der Waals surface area (Å²) in [4.78, 5) is 14.1. The Balaban J connectivity index is 2.42. The zero-order chi connectivity index (χ0) is 13.1. The van der Waals surface area contributed by atoms with Crippen LogP contribution >= 0.6 is 0 Å². The smallest absolute Gasteiger partial charge is 0.323 e. The van der Waals surface area contributed by atoms with Crippen LogP contribution < -0.4 is 9.47 Å². The molecule has 92 valence electrons. The Morgan fingerprint density at radius 3 is 2.83 bits per heavy atom. The summed E-state index contributed by atoms with van der Waals surface area (Å²) < 4.78 is 5.80. The van der Waals surface area contributed by atoms with Gasteiger partial charge in [0, 0.05) is 6.20 Å². The van der Waals surface area contributed by atoms with Gasteiger partial charge >= 0.3 is 5.69 Å². The van der Waals surface area contributed by atoms with Gasteiger partial charge in [-0.25, -0.2) is 0 Å². The molecule has 2 heterocycles.